The van der Waals surface area contributed by atoms with Crippen molar-refractivity contribution in [3.8, 4) is 5.75 Å². The van der Waals surface area contributed by atoms with Crippen molar-refractivity contribution in [2.24, 2.45) is 5.73 Å². The summed E-state index contributed by atoms with van der Waals surface area (Å²) in [5.74, 6) is -0.594. The largest absolute Gasteiger partial charge is 0.497 e. The topological polar surface area (TPSA) is 111 Å². The molecule has 3 rings (SSSR count). The lowest BCUT2D eigenvalue weighted by Gasteiger charge is -2.11. The number of nitrogens with two attached hydrogens (primary N) is 1. The van der Waals surface area contributed by atoms with Crippen LogP contribution in [0.5, 0.6) is 5.75 Å². The molecule has 0 atom stereocenters. The molecule has 156 valence electrons. The minimum absolute atomic E-state index is 0.299. The zero-order valence-electron chi connectivity index (χ0n) is 16.8. The summed E-state index contributed by atoms with van der Waals surface area (Å²) in [4.78, 5) is 36.2. The third-order valence-corrected chi connectivity index (χ3v) is 4.40. The second kappa shape index (κ2) is 9.89. The minimum Gasteiger partial charge on any atom is -0.497 e. The van der Waals surface area contributed by atoms with Gasteiger partial charge in [0.05, 0.1) is 18.4 Å². The van der Waals surface area contributed by atoms with Crippen LogP contribution in [0.1, 0.15) is 26.3 Å². The summed E-state index contributed by atoms with van der Waals surface area (Å²) in [5.41, 5.74) is 7.56. The molecule has 0 aliphatic rings. The summed E-state index contributed by atoms with van der Waals surface area (Å²) in [7, 11) is 1.59. The number of carbonyl (C=O) groups is 3. The van der Waals surface area contributed by atoms with Crippen LogP contribution in [0.25, 0.3) is 6.08 Å². The van der Waals surface area contributed by atoms with E-state index in [9.17, 15) is 14.4 Å². The molecule has 0 aliphatic heterocycles. The van der Waals surface area contributed by atoms with Crippen molar-refractivity contribution in [1.29, 1.82) is 0 Å². The van der Waals surface area contributed by atoms with Crippen LogP contribution in [0.2, 0.25) is 0 Å². The van der Waals surface area contributed by atoms with Crippen LogP contribution in [0.4, 0.5) is 11.4 Å². The third kappa shape index (κ3) is 5.80. The number of para-hydroxylation sites is 1. The number of primary amides is 1. The maximum absolute atomic E-state index is 12.7. The van der Waals surface area contributed by atoms with Crippen LogP contribution in [0.15, 0.2) is 78.9 Å². The molecule has 0 aromatic heterocycles. The summed E-state index contributed by atoms with van der Waals surface area (Å²) < 4.78 is 5.11. The number of methoxy groups -OCH3 is 1. The Kier molecular flexibility index (Phi) is 6.80. The standard InChI is InChI=1S/C24H21N3O4/c1-31-19-13-6-16(7-14-19)8-15-22(28)27-21-5-3-2-4-20(21)24(30)26-18-11-9-17(10-12-18)23(25)29/h2-15H,1H3,(H2,25,29)(H,26,30)(H,27,28)/b15-8+. The van der Waals surface area contributed by atoms with E-state index < -0.39 is 11.8 Å². The molecule has 3 aromatic carbocycles. The van der Waals surface area contributed by atoms with Gasteiger partial charge in [0, 0.05) is 17.3 Å². The van der Waals surface area contributed by atoms with E-state index in [1.54, 1.807) is 61.7 Å². The van der Waals surface area contributed by atoms with Crippen LogP contribution in [-0.4, -0.2) is 24.8 Å². The molecule has 0 saturated carbocycles. The van der Waals surface area contributed by atoms with Crippen molar-refractivity contribution in [3.63, 3.8) is 0 Å². The minimum atomic E-state index is -0.548. The van der Waals surface area contributed by atoms with E-state index in [0.717, 1.165) is 11.3 Å². The van der Waals surface area contributed by atoms with Crippen LogP contribution in [0, 0.1) is 0 Å². The van der Waals surface area contributed by atoms with Crippen LogP contribution >= 0.6 is 0 Å². The second-order valence-electron chi connectivity index (χ2n) is 6.54. The number of ether oxygens (including phenoxy) is 1. The van der Waals surface area contributed by atoms with Gasteiger partial charge in [0.2, 0.25) is 11.8 Å². The van der Waals surface area contributed by atoms with Gasteiger partial charge in [0.1, 0.15) is 5.75 Å². The molecule has 7 nitrogen and oxygen atoms in total. The lowest BCUT2D eigenvalue weighted by Crippen LogP contribution is -2.17. The Labute approximate surface area is 179 Å². The first-order chi connectivity index (χ1) is 15.0. The molecule has 0 radical (unpaired) electrons. The predicted octanol–water partition coefficient (Wildman–Crippen LogP) is 3.70. The molecule has 0 spiro atoms. The van der Waals surface area contributed by atoms with E-state index in [2.05, 4.69) is 10.6 Å². The summed E-state index contributed by atoms with van der Waals surface area (Å²) in [5, 5.41) is 5.46. The van der Waals surface area contributed by atoms with Gasteiger partial charge >= 0.3 is 0 Å². The Hall–Kier alpha value is -4.39. The zero-order valence-corrected chi connectivity index (χ0v) is 16.8. The van der Waals surface area contributed by atoms with E-state index in [1.807, 2.05) is 12.1 Å². The molecule has 0 heterocycles. The lowest BCUT2D eigenvalue weighted by atomic mass is 10.1. The Morgan fingerprint density at radius 1 is 0.871 bits per heavy atom. The van der Waals surface area contributed by atoms with Crippen molar-refractivity contribution in [1.82, 2.24) is 0 Å². The zero-order chi connectivity index (χ0) is 22.2. The van der Waals surface area contributed by atoms with E-state index in [1.165, 1.54) is 18.2 Å². The average Bonchev–Trinajstić information content (AvgIpc) is 2.78. The summed E-state index contributed by atoms with van der Waals surface area (Å²) in [6.07, 6.45) is 3.05. The molecular formula is C24H21N3O4. The van der Waals surface area contributed by atoms with Crippen LogP contribution in [0.3, 0.4) is 0 Å². The summed E-state index contributed by atoms with van der Waals surface area (Å²) >= 11 is 0. The number of hydrogen-bond acceptors (Lipinski definition) is 4. The first kappa shape index (κ1) is 21.3. The van der Waals surface area contributed by atoms with Crippen molar-refractivity contribution < 1.29 is 19.1 Å². The van der Waals surface area contributed by atoms with Crippen molar-refractivity contribution in [3.05, 3.63) is 95.6 Å². The molecular weight excluding hydrogens is 394 g/mol. The second-order valence-corrected chi connectivity index (χ2v) is 6.54. The van der Waals surface area contributed by atoms with Crippen molar-refractivity contribution in [2.45, 2.75) is 0 Å². The predicted molar refractivity (Wildman–Crippen MR) is 120 cm³/mol. The van der Waals surface area contributed by atoms with Gasteiger partial charge < -0.3 is 21.1 Å². The highest BCUT2D eigenvalue weighted by Gasteiger charge is 2.13. The normalized spacial score (nSPS) is 10.5. The van der Waals surface area contributed by atoms with Gasteiger partial charge in [0.15, 0.2) is 0 Å². The SMILES string of the molecule is COc1ccc(/C=C/C(=O)Nc2ccccc2C(=O)Nc2ccc(C(N)=O)cc2)cc1. The van der Waals surface area contributed by atoms with E-state index in [4.69, 9.17) is 10.5 Å². The van der Waals surface area contributed by atoms with Crippen LogP contribution in [-0.2, 0) is 4.79 Å². The highest BCUT2D eigenvalue weighted by molar-refractivity contribution is 6.11. The highest BCUT2D eigenvalue weighted by Crippen LogP contribution is 2.18. The Morgan fingerprint density at radius 2 is 1.55 bits per heavy atom. The fourth-order valence-electron chi connectivity index (χ4n) is 2.77. The maximum Gasteiger partial charge on any atom is 0.257 e. The van der Waals surface area contributed by atoms with E-state index >= 15 is 0 Å². The van der Waals surface area contributed by atoms with Gasteiger partial charge in [0.25, 0.3) is 5.91 Å². The third-order valence-electron chi connectivity index (χ3n) is 4.40. The van der Waals surface area contributed by atoms with Gasteiger partial charge in [-0.15, -0.1) is 0 Å². The quantitative estimate of drug-likeness (QED) is 0.511. The number of anilines is 2. The van der Waals surface area contributed by atoms with Gasteiger partial charge in [-0.3, -0.25) is 14.4 Å². The molecule has 0 bridgehead atoms. The van der Waals surface area contributed by atoms with Crippen molar-refractivity contribution >= 4 is 35.2 Å². The van der Waals surface area contributed by atoms with Gasteiger partial charge in [-0.1, -0.05) is 24.3 Å². The van der Waals surface area contributed by atoms with E-state index in [-0.39, 0.29) is 5.91 Å². The molecule has 0 unspecified atom stereocenters. The molecule has 3 amide bonds. The first-order valence-electron chi connectivity index (χ1n) is 9.39. The highest BCUT2D eigenvalue weighted by atomic mass is 16.5. The molecule has 3 aromatic rings. The molecule has 0 fully saturated rings. The maximum atomic E-state index is 12.7. The molecule has 0 saturated heterocycles. The van der Waals surface area contributed by atoms with Gasteiger partial charge in [-0.2, -0.15) is 0 Å². The fourth-order valence-corrected chi connectivity index (χ4v) is 2.77. The summed E-state index contributed by atoms with van der Waals surface area (Å²) in [6.45, 7) is 0. The van der Waals surface area contributed by atoms with Crippen LogP contribution < -0.4 is 21.1 Å². The number of benzene rings is 3. The number of rotatable bonds is 7. The van der Waals surface area contributed by atoms with Gasteiger partial charge in [-0.25, -0.2) is 0 Å². The monoisotopic (exact) mass is 415 g/mol. The smallest absolute Gasteiger partial charge is 0.257 e. The number of nitrogens with one attached hydrogen (secondary N) is 2. The van der Waals surface area contributed by atoms with Crippen molar-refractivity contribution in [2.75, 3.05) is 17.7 Å². The molecule has 7 heteroatoms. The molecule has 4 N–H and O–H groups in total. The number of carbonyl (C=O) groups excluding carboxylic acids is 3. The van der Waals surface area contributed by atoms with Gasteiger partial charge in [-0.05, 0) is 60.2 Å². The Bertz CT molecular complexity index is 1120. The Balaban J connectivity index is 1.68. The number of amides is 3. The van der Waals surface area contributed by atoms with E-state index in [0.29, 0.717) is 22.5 Å². The Morgan fingerprint density at radius 3 is 2.19 bits per heavy atom. The number of hydrogen-bond donors (Lipinski definition) is 3. The lowest BCUT2D eigenvalue weighted by molar-refractivity contribution is -0.111. The first-order valence-corrected chi connectivity index (χ1v) is 9.39. The summed E-state index contributed by atoms with van der Waals surface area (Å²) in [6, 6.07) is 20.1. The molecule has 31 heavy (non-hydrogen) atoms. The molecule has 0 aliphatic carbocycles. The fraction of sp³-hybridized carbons (Fsp3) is 0.0417. The average molecular weight is 415 g/mol.